The molecular weight excluding hydrogens is 312 g/mol. The first kappa shape index (κ1) is 17.3. The van der Waals surface area contributed by atoms with Crippen molar-refractivity contribution in [1.82, 2.24) is 9.80 Å². The van der Waals surface area contributed by atoms with Crippen LogP contribution in [0.3, 0.4) is 0 Å². The summed E-state index contributed by atoms with van der Waals surface area (Å²) in [6, 6.07) is 9.98. The number of carbonyl (C=O) groups is 1. The Hall–Kier alpha value is -1.07. The second kappa shape index (κ2) is 8.53. The highest BCUT2D eigenvalue weighted by molar-refractivity contribution is 8.23. The number of likely N-dealkylation sites (tertiary alicyclic amines) is 1. The highest BCUT2D eigenvalue weighted by Crippen LogP contribution is 2.33. The summed E-state index contributed by atoms with van der Waals surface area (Å²) in [4.78, 5) is 17.0. The first-order valence-corrected chi connectivity index (χ1v) is 9.25. The number of thioether (sulfide) groups is 1. The number of hydrogen-bond donors (Lipinski definition) is 0. The van der Waals surface area contributed by atoms with Gasteiger partial charge in [-0.25, -0.2) is 0 Å². The Morgan fingerprint density at radius 3 is 2.36 bits per heavy atom. The molecule has 0 aliphatic carbocycles. The van der Waals surface area contributed by atoms with Gasteiger partial charge in [0.25, 0.3) is 0 Å². The molecule has 1 unspecified atom stereocenters. The van der Waals surface area contributed by atoms with Gasteiger partial charge in [-0.15, -0.1) is 0 Å². The summed E-state index contributed by atoms with van der Waals surface area (Å²) in [5.41, 5.74) is 1.03. The minimum absolute atomic E-state index is 0.155. The quantitative estimate of drug-likeness (QED) is 0.765. The van der Waals surface area contributed by atoms with E-state index in [1.165, 1.54) is 24.6 Å². The van der Waals surface area contributed by atoms with Crippen molar-refractivity contribution in [2.75, 3.05) is 26.2 Å². The second-order valence-corrected chi connectivity index (χ2v) is 7.12. The summed E-state index contributed by atoms with van der Waals surface area (Å²) in [5.74, 6) is 0.155. The molecule has 0 saturated carbocycles. The van der Waals surface area contributed by atoms with Crippen molar-refractivity contribution < 1.29 is 4.79 Å². The maximum Gasteiger partial charge on any atom is 0.240 e. The van der Waals surface area contributed by atoms with Crippen LogP contribution in [-0.2, 0) is 4.79 Å². The number of amides is 1. The third-order valence-corrected chi connectivity index (χ3v) is 5.70. The SMILES string of the molecule is CCN(CC)C(=O)C(SC(=S)N1CCCC1)c1ccccc1. The van der Waals surface area contributed by atoms with E-state index in [1.54, 1.807) is 0 Å². The van der Waals surface area contributed by atoms with Crippen molar-refractivity contribution in [2.45, 2.75) is 31.9 Å². The number of rotatable bonds is 5. The number of likely N-dealkylation sites (N-methyl/N-ethyl adjacent to an activating group) is 1. The van der Waals surface area contributed by atoms with E-state index < -0.39 is 0 Å². The van der Waals surface area contributed by atoms with Crippen LogP contribution in [0.25, 0.3) is 0 Å². The van der Waals surface area contributed by atoms with Gasteiger partial charge in [-0.3, -0.25) is 4.79 Å². The van der Waals surface area contributed by atoms with Gasteiger partial charge < -0.3 is 9.80 Å². The van der Waals surface area contributed by atoms with Crippen LogP contribution in [0.4, 0.5) is 0 Å². The number of hydrogen-bond acceptors (Lipinski definition) is 3. The molecule has 0 aromatic heterocycles. The van der Waals surface area contributed by atoms with Crippen LogP contribution in [0.5, 0.6) is 0 Å². The second-order valence-electron chi connectivity index (χ2n) is 5.38. The summed E-state index contributed by atoms with van der Waals surface area (Å²) < 4.78 is 0.854. The summed E-state index contributed by atoms with van der Waals surface area (Å²) >= 11 is 7.11. The van der Waals surface area contributed by atoms with Gasteiger partial charge in [0.05, 0.1) is 0 Å². The minimum atomic E-state index is -0.241. The van der Waals surface area contributed by atoms with Crippen molar-refractivity contribution >= 4 is 34.2 Å². The largest absolute Gasteiger partial charge is 0.357 e. The maximum absolute atomic E-state index is 12.9. The molecule has 1 aromatic carbocycles. The summed E-state index contributed by atoms with van der Waals surface area (Å²) in [7, 11) is 0. The molecule has 1 aliphatic heterocycles. The van der Waals surface area contributed by atoms with Crippen LogP contribution in [0.15, 0.2) is 30.3 Å². The Balaban J connectivity index is 2.17. The average molecular weight is 337 g/mol. The molecule has 1 saturated heterocycles. The zero-order valence-electron chi connectivity index (χ0n) is 13.3. The first-order chi connectivity index (χ1) is 10.7. The highest BCUT2D eigenvalue weighted by Gasteiger charge is 2.28. The zero-order valence-corrected chi connectivity index (χ0v) is 15.0. The van der Waals surface area contributed by atoms with E-state index in [1.807, 2.05) is 49.1 Å². The third-order valence-electron chi connectivity index (χ3n) is 3.98. The lowest BCUT2D eigenvalue weighted by atomic mass is 10.1. The summed E-state index contributed by atoms with van der Waals surface area (Å²) in [5, 5.41) is -0.241. The standard InChI is InChI=1S/C17H24N2OS2/c1-3-18(4-2)16(20)15(14-10-6-5-7-11-14)22-17(21)19-12-8-9-13-19/h5-7,10-11,15H,3-4,8-9,12-13H2,1-2H3. The van der Waals surface area contributed by atoms with E-state index in [0.717, 1.165) is 36.1 Å². The molecular formula is C17H24N2OS2. The van der Waals surface area contributed by atoms with Crippen LogP contribution < -0.4 is 0 Å². The predicted octanol–water partition coefficient (Wildman–Crippen LogP) is 3.71. The van der Waals surface area contributed by atoms with E-state index in [0.29, 0.717) is 0 Å². The van der Waals surface area contributed by atoms with Crippen LogP contribution in [0.1, 0.15) is 37.5 Å². The molecule has 5 heteroatoms. The molecule has 0 N–H and O–H groups in total. The fourth-order valence-corrected chi connectivity index (χ4v) is 4.21. The molecule has 0 bridgehead atoms. The van der Waals surface area contributed by atoms with E-state index in [9.17, 15) is 4.79 Å². The average Bonchev–Trinajstić information content (AvgIpc) is 3.09. The molecule has 2 rings (SSSR count). The van der Waals surface area contributed by atoms with Crippen molar-refractivity contribution in [1.29, 1.82) is 0 Å². The smallest absolute Gasteiger partial charge is 0.240 e. The Kier molecular flexibility index (Phi) is 6.70. The van der Waals surface area contributed by atoms with E-state index in [2.05, 4.69) is 4.90 Å². The molecule has 0 radical (unpaired) electrons. The maximum atomic E-state index is 12.9. The molecule has 1 aromatic rings. The Labute approximate surface area is 143 Å². The monoisotopic (exact) mass is 336 g/mol. The lowest BCUT2D eigenvalue weighted by Crippen LogP contribution is -2.35. The molecule has 1 fully saturated rings. The van der Waals surface area contributed by atoms with Gasteiger partial charge in [0.1, 0.15) is 9.57 Å². The predicted molar refractivity (Wildman–Crippen MR) is 98.1 cm³/mol. The van der Waals surface area contributed by atoms with Crippen molar-refractivity contribution in [3.63, 3.8) is 0 Å². The van der Waals surface area contributed by atoms with E-state index in [4.69, 9.17) is 12.2 Å². The normalized spacial score (nSPS) is 15.6. The minimum Gasteiger partial charge on any atom is -0.357 e. The molecule has 0 spiro atoms. The van der Waals surface area contributed by atoms with Crippen LogP contribution in [0.2, 0.25) is 0 Å². The number of thiocarbonyl (C=S) groups is 1. The fraction of sp³-hybridized carbons (Fsp3) is 0.529. The Bertz CT molecular complexity index is 497. The van der Waals surface area contributed by atoms with Crippen molar-refractivity contribution in [3.8, 4) is 0 Å². The van der Waals surface area contributed by atoms with Crippen LogP contribution >= 0.6 is 24.0 Å². The number of benzene rings is 1. The van der Waals surface area contributed by atoms with Crippen LogP contribution in [-0.4, -0.2) is 46.2 Å². The summed E-state index contributed by atoms with van der Waals surface area (Å²) in [6.45, 7) is 7.55. The van der Waals surface area contributed by atoms with Crippen LogP contribution in [0, 0.1) is 0 Å². The molecule has 1 heterocycles. The first-order valence-electron chi connectivity index (χ1n) is 7.96. The topological polar surface area (TPSA) is 23.6 Å². The fourth-order valence-electron chi connectivity index (χ4n) is 2.67. The van der Waals surface area contributed by atoms with Gasteiger partial charge in [-0.2, -0.15) is 0 Å². The number of carbonyl (C=O) groups excluding carboxylic acids is 1. The molecule has 3 nitrogen and oxygen atoms in total. The lowest BCUT2D eigenvalue weighted by molar-refractivity contribution is -0.130. The zero-order chi connectivity index (χ0) is 15.9. The van der Waals surface area contributed by atoms with Gasteiger partial charge in [0.15, 0.2) is 0 Å². The summed E-state index contributed by atoms with van der Waals surface area (Å²) in [6.07, 6.45) is 2.39. The van der Waals surface area contributed by atoms with Gasteiger partial charge in [0.2, 0.25) is 5.91 Å². The van der Waals surface area contributed by atoms with Gasteiger partial charge >= 0.3 is 0 Å². The lowest BCUT2D eigenvalue weighted by Gasteiger charge is -2.27. The third kappa shape index (κ3) is 4.23. The van der Waals surface area contributed by atoms with E-state index in [-0.39, 0.29) is 11.2 Å². The van der Waals surface area contributed by atoms with Gasteiger partial charge in [-0.1, -0.05) is 54.3 Å². The highest BCUT2D eigenvalue weighted by atomic mass is 32.2. The molecule has 1 amide bonds. The Morgan fingerprint density at radius 2 is 1.82 bits per heavy atom. The molecule has 1 atom stereocenters. The number of nitrogens with zero attached hydrogens (tertiary/aromatic N) is 2. The Morgan fingerprint density at radius 1 is 1.23 bits per heavy atom. The molecule has 1 aliphatic rings. The van der Waals surface area contributed by atoms with Crippen molar-refractivity contribution in [3.05, 3.63) is 35.9 Å². The molecule has 22 heavy (non-hydrogen) atoms. The van der Waals surface area contributed by atoms with Crippen molar-refractivity contribution in [2.24, 2.45) is 0 Å². The molecule has 120 valence electrons. The van der Waals surface area contributed by atoms with E-state index >= 15 is 0 Å². The van der Waals surface area contributed by atoms with Gasteiger partial charge in [-0.05, 0) is 32.3 Å². The van der Waals surface area contributed by atoms with Gasteiger partial charge in [0, 0.05) is 26.2 Å².